The van der Waals surface area contributed by atoms with Crippen molar-refractivity contribution < 1.29 is 9.84 Å². The summed E-state index contributed by atoms with van der Waals surface area (Å²) in [5.41, 5.74) is 1.27. The van der Waals surface area contributed by atoms with Crippen LogP contribution in [0, 0.1) is 0 Å². The highest BCUT2D eigenvalue weighted by Crippen LogP contribution is 2.31. The van der Waals surface area contributed by atoms with E-state index in [2.05, 4.69) is 4.98 Å². The Kier molecular flexibility index (Phi) is 2.04. The molecule has 0 saturated carbocycles. The summed E-state index contributed by atoms with van der Waals surface area (Å²) in [6, 6.07) is 1.82. The topological polar surface area (TPSA) is 42.4 Å². The molecule has 1 aromatic rings. The largest absolute Gasteiger partial charge is 0.483 e. The van der Waals surface area contributed by atoms with Gasteiger partial charge in [-0.05, 0) is 32.1 Å². The Hall–Kier alpha value is -1.35. The van der Waals surface area contributed by atoms with E-state index in [0.717, 1.165) is 11.3 Å². The van der Waals surface area contributed by atoms with E-state index in [1.54, 1.807) is 6.20 Å². The summed E-state index contributed by atoms with van der Waals surface area (Å²) in [5.74, 6) is 0.788. The summed E-state index contributed by atoms with van der Waals surface area (Å²) >= 11 is 0. The third-order valence-corrected chi connectivity index (χ3v) is 2.21. The van der Waals surface area contributed by atoms with Crippen LogP contribution in [0.2, 0.25) is 0 Å². The highest BCUT2D eigenvalue weighted by atomic mass is 16.5. The average Bonchev–Trinajstić information content (AvgIpc) is 2.15. The van der Waals surface area contributed by atoms with Crippen molar-refractivity contribution in [2.75, 3.05) is 0 Å². The van der Waals surface area contributed by atoms with E-state index in [9.17, 15) is 0 Å². The zero-order valence-electron chi connectivity index (χ0n) is 8.32. The Labute approximate surface area is 83.1 Å². The predicted octanol–water partition coefficient (Wildman–Crippen LogP) is 1.76. The first-order valence-corrected chi connectivity index (χ1v) is 4.59. The Morgan fingerprint density at radius 2 is 2.29 bits per heavy atom. The molecule has 0 bridgehead atoms. The number of aromatic nitrogens is 1. The molecule has 3 nitrogen and oxygen atoms in total. The lowest BCUT2D eigenvalue weighted by molar-refractivity contribution is 0.158. The van der Waals surface area contributed by atoms with Crippen LogP contribution in [0.25, 0.3) is 6.08 Å². The molecule has 0 fully saturated rings. The third kappa shape index (κ3) is 1.51. The Bertz CT molecular complexity index is 383. The first kappa shape index (κ1) is 9.21. The average molecular weight is 191 g/mol. The van der Waals surface area contributed by atoms with Gasteiger partial charge in [0, 0.05) is 11.8 Å². The van der Waals surface area contributed by atoms with Gasteiger partial charge in [-0.25, -0.2) is 0 Å². The summed E-state index contributed by atoms with van der Waals surface area (Å²) in [4.78, 5) is 4.08. The van der Waals surface area contributed by atoms with Crippen LogP contribution in [0.1, 0.15) is 25.1 Å². The Morgan fingerprint density at radius 3 is 3.00 bits per heavy atom. The van der Waals surface area contributed by atoms with Gasteiger partial charge in [-0.2, -0.15) is 0 Å². The molecule has 2 rings (SSSR count). The van der Waals surface area contributed by atoms with Crippen LogP contribution < -0.4 is 4.74 Å². The predicted molar refractivity (Wildman–Crippen MR) is 53.9 cm³/mol. The fourth-order valence-corrected chi connectivity index (χ4v) is 1.49. The lowest BCUT2D eigenvalue weighted by Crippen LogP contribution is -2.27. The van der Waals surface area contributed by atoms with Gasteiger partial charge in [-0.3, -0.25) is 4.98 Å². The number of ether oxygens (including phenoxy) is 1. The number of aliphatic hydroxyl groups excluding tert-OH is 1. The molecule has 0 aliphatic carbocycles. The highest BCUT2D eigenvalue weighted by Gasteiger charge is 2.22. The number of pyridine rings is 1. The molecular weight excluding hydrogens is 178 g/mol. The van der Waals surface area contributed by atoms with Crippen LogP contribution in [-0.2, 0) is 6.61 Å². The molecule has 3 heteroatoms. The van der Waals surface area contributed by atoms with Crippen LogP contribution in [0.5, 0.6) is 5.75 Å². The van der Waals surface area contributed by atoms with Crippen molar-refractivity contribution in [2.45, 2.75) is 26.1 Å². The Balaban J connectivity index is 2.50. The molecule has 0 spiro atoms. The molecule has 0 radical (unpaired) electrons. The van der Waals surface area contributed by atoms with E-state index >= 15 is 0 Å². The molecule has 14 heavy (non-hydrogen) atoms. The summed E-state index contributed by atoms with van der Waals surface area (Å²) < 4.78 is 5.72. The van der Waals surface area contributed by atoms with Crippen LogP contribution >= 0.6 is 0 Å². The van der Waals surface area contributed by atoms with Crippen molar-refractivity contribution >= 4 is 6.08 Å². The monoisotopic (exact) mass is 191 g/mol. The minimum Gasteiger partial charge on any atom is -0.483 e. The van der Waals surface area contributed by atoms with Gasteiger partial charge in [0.25, 0.3) is 0 Å². The highest BCUT2D eigenvalue weighted by molar-refractivity contribution is 5.62. The van der Waals surface area contributed by atoms with Crippen LogP contribution in [0.3, 0.4) is 0 Å². The number of fused-ring (bicyclic) bond motifs is 1. The molecule has 0 amide bonds. The van der Waals surface area contributed by atoms with Gasteiger partial charge >= 0.3 is 0 Å². The van der Waals surface area contributed by atoms with Gasteiger partial charge in [-0.15, -0.1) is 0 Å². The lowest BCUT2D eigenvalue weighted by atomic mass is 10.0. The molecular formula is C11H13NO2. The maximum Gasteiger partial charge on any atom is 0.131 e. The van der Waals surface area contributed by atoms with E-state index in [0.29, 0.717) is 5.69 Å². The minimum absolute atomic E-state index is 0.0582. The second-order valence-corrected chi connectivity index (χ2v) is 3.87. The van der Waals surface area contributed by atoms with Gasteiger partial charge in [-0.1, -0.05) is 0 Å². The van der Waals surface area contributed by atoms with Gasteiger partial charge in [0.1, 0.15) is 11.4 Å². The number of hydrogen-bond donors (Lipinski definition) is 1. The molecule has 1 N–H and O–H groups in total. The summed E-state index contributed by atoms with van der Waals surface area (Å²) in [7, 11) is 0. The van der Waals surface area contributed by atoms with Crippen molar-refractivity contribution in [3.63, 3.8) is 0 Å². The zero-order chi connectivity index (χ0) is 10.2. The van der Waals surface area contributed by atoms with E-state index in [1.165, 1.54) is 0 Å². The molecule has 1 aliphatic rings. The zero-order valence-corrected chi connectivity index (χ0v) is 8.32. The molecule has 74 valence electrons. The number of aliphatic hydroxyl groups is 1. The minimum atomic E-state index is -0.277. The first-order chi connectivity index (χ1) is 6.62. The van der Waals surface area contributed by atoms with Gasteiger partial charge in [0.05, 0.1) is 12.3 Å². The van der Waals surface area contributed by atoms with Gasteiger partial charge in [0.15, 0.2) is 0 Å². The van der Waals surface area contributed by atoms with Crippen LogP contribution in [0.15, 0.2) is 18.3 Å². The second kappa shape index (κ2) is 3.10. The normalized spacial score (nSPS) is 17.4. The van der Waals surface area contributed by atoms with Gasteiger partial charge in [0.2, 0.25) is 0 Å². The molecule has 1 aromatic heterocycles. The summed E-state index contributed by atoms with van der Waals surface area (Å²) in [5, 5.41) is 9.07. The van der Waals surface area contributed by atoms with Crippen molar-refractivity contribution in [1.29, 1.82) is 0 Å². The third-order valence-electron chi connectivity index (χ3n) is 2.21. The molecule has 2 heterocycles. The molecule has 0 aromatic carbocycles. The van der Waals surface area contributed by atoms with Gasteiger partial charge < -0.3 is 9.84 Å². The van der Waals surface area contributed by atoms with Crippen molar-refractivity contribution in [2.24, 2.45) is 0 Å². The fourth-order valence-electron chi connectivity index (χ4n) is 1.49. The summed E-state index contributed by atoms with van der Waals surface area (Å²) in [6.45, 7) is 3.92. The van der Waals surface area contributed by atoms with Crippen molar-refractivity contribution in [3.8, 4) is 5.75 Å². The van der Waals surface area contributed by atoms with Crippen LogP contribution in [-0.4, -0.2) is 15.7 Å². The van der Waals surface area contributed by atoms with Crippen LogP contribution in [0.4, 0.5) is 0 Å². The lowest BCUT2D eigenvalue weighted by Gasteiger charge is -2.28. The maximum absolute atomic E-state index is 9.07. The molecule has 0 unspecified atom stereocenters. The standard InChI is InChI=1S/C11H13NO2/c1-11(2)5-3-8-9(7-13)12-6-4-10(8)14-11/h3-6,13H,7H2,1-2H3. The quantitative estimate of drug-likeness (QED) is 0.735. The van der Waals surface area contributed by atoms with Crippen molar-refractivity contribution in [1.82, 2.24) is 4.98 Å². The molecule has 1 aliphatic heterocycles. The number of nitrogens with zero attached hydrogens (tertiary/aromatic N) is 1. The Morgan fingerprint density at radius 1 is 1.50 bits per heavy atom. The fraction of sp³-hybridized carbons (Fsp3) is 0.364. The van der Waals surface area contributed by atoms with E-state index in [1.807, 2.05) is 32.1 Å². The number of rotatable bonds is 1. The van der Waals surface area contributed by atoms with E-state index < -0.39 is 0 Å². The van der Waals surface area contributed by atoms with E-state index in [4.69, 9.17) is 9.84 Å². The summed E-state index contributed by atoms with van der Waals surface area (Å²) in [6.07, 6.45) is 5.58. The smallest absolute Gasteiger partial charge is 0.131 e. The molecule has 0 atom stereocenters. The molecule has 0 saturated heterocycles. The van der Waals surface area contributed by atoms with Crippen molar-refractivity contribution in [3.05, 3.63) is 29.6 Å². The maximum atomic E-state index is 9.07. The second-order valence-electron chi connectivity index (χ2n) is 3.87. The van der Waals surface area contributed by atoms with E-state index in [-0.39, 0.29) is 12.2 Å². The number of hydrogen-bond acceptors (Lipinski definition) is 3. The SMILES string of the molecule is CC1(C)C=Cc2c(ccnc2CO)O1. The first-order valence-electron chi connectivity index (χ1n) is 4.59.